The van der Waals surface area contributed by atoms with Gasteiger partial charge in [-0.1, -0.05) is 43.1 Å². The van der Waals surface area contributed by atoms with Crippen LogP contribution in [-0.4, -0.2) is 36.1 Å². The van der Waals surface area contributed by atoms with Crippen LogP contribution >= 0.6 is 23.2 Å². The largest absolute Gasteiger partial charge is 0.314 e. The van der Waals surface area contributed by atoms with E-state index < -0.39 is 0 Å². The molecule has 0 saturated carbocycles. The van der Waals surface area contributed by atoms with E-state index in [0.29, 0.717) is 22.3 Å². The number of hydrogen-bond acceptors (Lipinski definition) is 3. The number of nitrogens with one attached hydrogen (secondary N) is 1. The third-order valence-corrected chi connectivity index (χ3v) is 4.00. The molecule has 19 heavy (non-hydrogen) atoms. The minimum absolute atomic E-state index is 0.333. The summed E-state index contributed by atoms with van der Waals surface area (Å²) < 4.78 is 0. The van der Waals surface area contributed by atoms with Crippen LogP contribution in [0.25, 0.3) is 0 Å². The maximum atomic E-state index is 6.29. The molecule has 0 bridgehead atoms. The van der Waals surface area contributed by atoms with E-state index in [9.17, 15) is 0 Å². The zero-order valence-electron chi connectivity index (χ0n) is 11.5. The molecule has 0 spiro atoms. The smallest absolute Gasteiger partial charge is 0.135 e. The number of rotatable bonds is 4. The summed E-state index contributed by atoms with van der Waals surface area (Å²) in [7, 11) is 0. The molecule has 1 fully saturated rings. The molecule has 0 amide bonds. The Balaban J connectivity index is 2.25. The van der Waals surface area contributed by atoms with E-state index in [1.807, 2.05) is 12.1 Å². The van der Waals surface area contributed by atoms with Crippen molar-refractivity contribution in [2.24, 2.45) is 5.92 Å². The van der Waals surface area contributed by atoms with Gasteiger partial charge in [-0.2, -0.15) is 0 Å². The van der Waals surface area contributed by atoms with Gasteiger partial charge in [0.15, 0.2) is 0 Å². The molecule has 1 atom stereocenters. The summed E-state index contributed by atoms with van der Waals surface area (Å²) in [5.74, 6) is 0.617. The van der Waals surface area contributed by atoms with Gasteiger partial charge in [0.1, 0.15) is 10.3 Å². The first-order valence-corrected chi connectivity index (χ1v) is 7.60. The second-order valence-electron chi connectivity index (χ2n) is 5.45. The zero-order valence-corrected chi connectivity index (χ0v) is 13.0. The molecule has 1 aliphatic rings. The van der Waals surface area contributed by atoms with Crippen LogP contribution in [0.3, 0.4) is 0 Å². The maximum absolute atomic E-state index is 6.29. The lowest BCUT2D eigenvalue weighted by Crippen LogP contribution is -2.45. The summed E-state index contributed by atoms with van der Waals surface area (Å²) in [6.07, 6.45) is 1.09. The van der Waals surface area contributed by atoms with E-state index >= 15 is 0 Å². The van der Waals surface area contributed by atoms with Crippen LogP contribution in [0.2, 0.25) is 10.3 Å². The Morgan fingerprint density at radius 3 is 2.53 bits per heavy atom. The molecule has 0 radical (unpaired) electrons. The lowest BCUT2D eigenvalue weighted by molar-refractivity contribution is 0.154. The lowest BCUT2D eigenvalue weighted by Gasteiger charge is -2.36. The monoisotopic (exact) mass is 301 g/mol. The van der Waals surface area contributed by atoms with Gasteiger partial charge < -0.3 is 5.32 Å². The highest BCUT2D eigenvalue weighted by molar-refractivity contribution is 6.32. The first-order valence-electron chi connectivity index (χ1n) is 6.84. The molecular formula is C14H21Cl2N3. The van der Waals surface area contributed by atoms with Gasteiger partial charge in [-0.25, -0.2) is 4.98 Å². The number of nitrogens with zero attached hydrogens (tertiary/aromatic N) is 2. The molecule has 1 aromatic heterocycles. The normalized spacial score (nSPS) is 18.8. The average molecular weight is 302 g/mol. The van der Waals surface area contributed by atoms with E-state index in [0.717, 1.165) is 38.2 Å². The molecular weight excluding hydrogens is 281 g/mol. The van der Waals surface area contributed by atoms with Gasteiger partial charge in [0.2, 0.25) is 0 Å². The fourth-order valence-electron chi connectivity index (χ4n) is 2.58. The minimum atomic E-state index is 0.333. The van der Waals surface area contributed by atoms with E-state index in [1.165, 1.54) is 0 Å². The van der Waals surface area contributed by atoms with E-state index in [-0.39, 0.29) is 0 Å². The van der Waals surface area contributed by atoms with Crippen molar-refractivity contribution in [2.75, 3.05) is 26.2 Å². The topological polar surface area (TPSA) is 28.2 Å². The molecule has 2 heterocycles. The van der Waals surface area contributed by atoms with Gasteiger partial charge in [-0.3, -0.25) is 4.90 Å². The van der Waals surface area contributed by atoms with Crippen molar-refractivity contribution in [3.05, 3.63) is 28.0 Å². The van der Waals surface area contributed by atoms with Gasteiger partial charge >= 0.3 is 0 Å². The van der Waals surface area contributed by atoms with Crippen LogP contribution in [0, 0.1) is 5.92 Å². The summed E-state index contributed by atoms with van der Waals surface area (Å²) in [5, 5.41) is 4.38. The summed E-state index contributed by atoms with van der Waals surface area (Å²) >= 11 is 12.2. The summed E-state index contributed by atoms with van der Waals surface area (Å²) in [5.41, 5.74) is 1.10. The third-order valence-electron chi connectivity index (χ3n) is 3.49. The Morgan fingerprint density at radius 2 is 1.95 bits per heavy atom. The van der Waals surface area contributed by atoms with Crippen molar-refractivity contribution in [3.63, 3.8) is 0 Å². The van der Waals surface area contributed by atoms with Crippen LogP contribution in [0.5, 0.6) is 0 Å². The predicted octanol–water partition coefficient (Wildman–Crippen LogP) is 3.38. The Kier molecular flexibility index (Phi) is 5.46. The second kappa shape index (κ2) is 6.89. The van der Waals surface area contributed by atoms with Gasteiger partial charge in [0.25, 0.3) is 0 Å². The molecule has 3 nitrogen and oxygen atoms in total. The molecule has 1 aromatic rings. The molecule has 0 aromatic carbocycles. The maximum Gasteiger partial charge on any atom is 0.135 e. The molecule has 1 aliphatic heterocycles. The van der Waals surface area contributed by atoms with Gasteiger partial charge in [0, 0.05) is 37.8 Å². The van der Waals surface area contributed by atoms with Gasteiger partial charge in [-0.05, 0) is 18.4 Å². The highest BCUT2D eigenvalue weighted by Crippen LogP contribution is 2.32. The van der Waals surface area contributed by atoms with Crippen molar-refractivity contribution in [1.29, 1.82) is 0 Å². The number of hydrogen-bond donors (Lipinski definition) is 1. The van der Waals surface area contributed by atoms with Crippen molar-refractivity contribution in [1.82, 2.24) is 15.2 Å². The van der Waals surface area contributed by atoms with Crippen LogP contribution in [0.4, 0.5) is 0 Å². The Hall–Kier alpha value is -0.350. The molecule has 2 rings (SSSR count). The standard InChI is InChI=1S/C14H21Cl2N3/c1-10(2)9-12(19-7-5-17-6-8-19)11-3-4-13(15)18-14(11)16/h3-4,10,12,17H,5-9H2,1-2H3/t12-/m0/s1. The summed E-state index contributed by atoms with van der Waals surface area (Å²) in [4.78, 5) is 6.68. The highest BCUT2D eigenvalue weighted by atomic mass is 35.5. The van der Waals surface area contributed by atoms with Crippen LogP contribution < -0.4 is 5.32 Å². The average Bonchev–Trinajstić information content (AvgIpc) is 2.37. The Morgan fingerprint density at radius 1 is 1.26 bits per heavy atom. The van der Waals surface area contributed by atoms with Crippen molar-refractivity contribution < 1.29 is 0 Å². The van der Waals surface area contributed by atoms with Gasteiger partial charge in [0.05, 0.1) is 0 Å². The Bertz CT molecular complexity index is 417. The zero-order chi connectivity index (χ0) is 13.8. The number of piperazine rings is 1. The molecule has 0 aliphatic carbocycles. The van der Waals surface area contributed by atoms with Crippen LogP contribution in [0.15, 0.2) is 12.1 Å². The first kappa shape index (κ1) is 15.0. The van der Waals surface area contributed by atoms with E-state index in [1.54, 1.807) is 0 Å². The number of pyridine rings is 1. The van der Waals surface area contributed by atoms with E-state index in [4.69, 9.17) is 23.2 Å². The highest BCUT2D eigenvalue weighted by Gasteiger charge is 2.25. The summed E-state index contributed by atoms with van der Waals surface area (Å²) in [6, 6.07) is 4.18. The molecule has 106 valence electrons. The molecule has 5 heteroatoms. The first-order chi connectivity index (χ1) is 9.08. The SMILES string of the molecule is CC(C)C[C@@H](c1ccc(Cl)nc1Cl)N1CCNCC1. The molecule has 0 unspecified atom stereocenters. The third kappa shape index (κ3) is 4.06. The minimum Gasteiger partial charge on any atom is -0.314 e. The molecule has 1 saturated heterocycles. The number of aromatic nitrogens is 1. The number of halogens is 2. The fraction of sp³-hybridized carbons (Fsp3) is 0.643. The quantitative estimate of drug-likeness (QED) is 0.864. The Labute approximate surface area is 125 Å². The van der Waals surface area contributed by atoms with Crippen molar-refractivity contribution in [3.8, 4) is 0 Å². The lowest BCUT2D eigenvalue weighted by atomic mass is 9.96. The van der Waals surface area contributed by atoms with Crippen LogP contribution in [0.1, 0.15) is 31.9 Å². The van der Waals surface area contributed by atoms with Crippen molar-refractivity contribution in [2.45, 2.75) is 26.3 Å². The van der Waals surface area contributed by atoms with Gasteiger partial charge in [-0.15, -0.1) is 0 Å². The fourth-order valence-corrected chi connectivity index (χ4v) is 3.06. The van der Waals surface area contributed by atoms with E-state index in [2.05, 4.69) is 29.0 Å². The van der Waals surface area contributed by atoms with Crippen molar-refractivity contribution >= 4 is 23.2 Å². The van der Waals surface area contributed by atoms with Crippen LogP contribution in [-0.2, 0) is 0 Å². The second-order valence-corrected chi connectivity index (χ2v) is 6.19. The summed E-state index contributed by atoms with van der Waals surface area (Å²) in [6.45, 7) is 8.66. The predicted molar refractivity (Wildman–Crippen MR) is 80.9 cm³/mol. The molecule has 1 N–H and O–H groups in total.